The Labute approximate surface area is 221 Å². The van der Waals surface area contributed by atoms with E-state index < -0.39 is 51.0 Å². The molecule has 0 aromatic heterocycles. The molecule has 2 aromatic carbocycles. The highest BCUT2D eigenvalue weighted by atomic mass is 127. The van der Waals surface area contributed by atoms with E-state index in [0.717, 1.165) is 10.4 Å². The SMILES string of the molecule is CC(=O)O[C@@H]1[C@@H](O[Si](c2ccccc2)(c2ccccc2)C(C)(C)C)[C@H](OC(C)=O)[C@@H](CI)O[C@@H]1O. The molecule has 35 heavy (non-hydrogen) atoms. The zero-order valence-electron chi connectivity index (χ0n) is 20.6. The van der Waals surface area contributed by atoms with E-state index in [1.807, 2.05) is 60.7 Å². The number of hydrogen-bond donors (Lipinski definition) is 1. The summed E-state index contributed by atoms with van der Waals surface area (Å²) >= 11 is 2.12. The van der Waals surface area contributed by atoms with Crippen molar-refractivity contribution in [3.05, 3.63) is 60.7 Å². The van der Waals surface area contributed by atoms with Crippen molar-refractivity contribution >= 4 is 53.2 Å². The molecule has 0 aliphatic carbocycles. The van der Waals surface area contributed by atoms with Crippen LogP contribution in [-0.4, -0.2) is 60.5 Å². The topological polar surface area (TPSA) is 91.3 Å². The Balaban J connectivity index is 2.27. The zero-order chi connectivity index (χ0) is 25.8. The van der Waals surface area contributed by atoms with Gasteiger partial charge in [0.15, 0.2) is 18.5 Å². The van der Waals surface area contributed by atoms with Crippen molar-refractivity contribution in [1.29, 1.82) is 0 Å². The zero-order valence-corrected chi connectivity index (χ0v) is 23.8. The molecule has 190 valence electrons. The van der Waals surface area contributed by atoms with E-state index >= 15 is 0 Å². The van der Waals surface area contributed by atoms with Crippen molar-refractivity contribution in [2.75, 3.05) is 4.43 Å². The number of alkyl halides is 1. The molecule has 1 aliphatic heterocycles. The molecular formula is C26H33IO7Si. The molecule has 0 amide bonds. The standard InChI is InChI=1S/C26H33IO7Si/c1-17(28)31-22-21(16-27)33-25(30)24(32-18(2)29)23(22)34-35(26(3,4)5,19-12-8-6-9-13-19)20-14-10-7-11-15-20/h6-15,21-25,30H,16H2,1-5H3/t21-,22-,23+,24-,25+/m1/s1. The molecule has 9 heteroatoms. The van der Waals surface area contributed by atoms with Gasteiger partial charge in [0.25, 0.3) is 8.32 Å². The first-order valence-corrected chi connectivity index (χ1v) is 15.0. The predicted octanol–water partition coefficient (Wildman–Crippen LogP) is 2.95. The number of aliphatic hydroxyl groups excluding tert-OH is 1. The van der Waals surface area contributed by atoms with E-state index in [2.05, 4.69) is 43.4 Å². The van der Waals surface area contributed by atoms with Gasteiger partial charge in [0.2, 0.25) is 0 Å². The molecule has 0 unspecified atom stereocenters. The smallest absolute Gasteiger partial charge is 0.303 e. The van der Waals surface area contributed by atoms with Crippen molar-refractivity contribution in [1.82, 2.24) is 0 Å². The van der Waals surface area contributed by atoms with Gasteiger partial charge < -0.3 is 23.7 Å². The molecule has 1 N–H and O–H groups in total. The maximum atomic E-state index is 12.1. The summed E-state index contributed by atoms with van der Waals surface area (Å²) < 4.78 is 24.6. The van der Waals surface area contributed by atoms with Crippen molar-refractivity contribution < 1.29 is 33.3 Å². The van der Waals surface area contributed by atoms with Crippen LogP contribution >= 0.6 is 22.6 Å². The molecule has 0 spiro atoms. The van der Waals surface area contributed by atoms with Gasteiger partial charge in [-0.05, 0) is 15.4 Å². The number of benzene rings is 2. The molecule has 1 heterocycles. The van der Waals surface area contributed by atoms with Crippen LogP contribution in [0.4, 0.5) is 0 Å². The first-order chi connectivity index (χ1) is 16.5. The predicted molar refractivity (Wildman–Crippen MR) is 143 cm³/mol. The maximum absolute atomic E-state index is 12.1. The highest BCUT2D eigenvalue weighted by molar-refractivity contribution is 14.1. The molecule has 0 saturated carbocycles. The number of carbonyl (C=O) groups is 2. The molecule has 0 bridgehead atoms. The van der Waals surface area contributed by atoms with Crippen molar-refractivity contribution in [3.63, 3.8) is 0 Å². The van der Waals surface area contributed by atoms with Crippen molar-refractivity contribution in [2.45, 2.75) is 70.4 Å². The molecule has 2 aromatic rings. The Kier molecular flexibility index (Phi) is 9.14. The van der Waals surface area contributed by atoms with Crippen LogP contribution in [0.15, 0.2) is 60.7 Å². The Morgan fingerprint density at radius 1 is 0.886 bits per heavy atom. The van der Waals surface area contributed by atoms with E-state index in [0.29, 0.717) is 4.43 Å². The fraction of sp³-hybridized carbons (Fsp3) is 0.462. The van der Waals surface area contributed by atoms with Gasteiger partial charge >= 0.3 is 11.9 Å². The average molecular weight is 613 g/mol. The molecular weight excluding hydrogens is 579 g/mol. The molecule has 7 nitrogen and oxygen atoms in total. The van der Waals surface area contributed by atoms with E-state index in [-0.39, 0.29) is 5.04 Å². The van der Waals surface area contributed by atoms with Gasteiger partial charge in [-0.15, -0.1) is 0 Å². The van der Waals surface area contributed by atoms with Gasteiger partial charge in [0.1, 0.15) is 12.2 Å². The molecule has 1 aliphatic rings. The summed E-state index contributed by atoms with van der Waals surface area (Å²) in [6.07, 6.45) is -5.12. The van der Waals surface area contributed by atoms with E-state index in [1.165, 1.54) is 13.8 Å². The second-order valence-corrected chi connectivity index (χ2v) is 14.7. The monoisotopic (exact) mass is 612 g/mol. The minimum atomic E-state index is -3.15. The number of halogens is 1. The highest BCUT2D eigenvalue weighted by Gasteiger charge is 2.57. The number of hydrogen-bond acceptors (Lipinski definition) is 7. The lowest BCUT2D eigenvalue weighted by Crippen LogP contribution is -2.72. The lowest BCUT2D eigenvalue weighted by atomic mass is 9.99. The van der Waals surface area contributed by atoms with Gasteiger partial charge in [-0.2, -0.15) is 0 Å². The number of ether oxygens (including phenoxy) is 3. The second kappa shape index (κ2) is 11.5. The minimum Gasteiger partial charge on any atom is -0.457 e. The van der Waals surface area contributed by atoms with Crippen LogP contribution in [0, 0.1) is 0 Å². The summed E-state index contributed by atoms with van der Waals surface area (Å²) in [6.45, 7) is 8.93. The highest BCUT2D eigenvalue weighted by Crippen LogP contribution is 2.40. The third-order valence-electron chi connectivity index (χ3n) is 6.10. The van der Waals surface area contributed by atoms with E-state index in [9.17, 15) is 14.7 Å². The van der Waals surface area contributed by atoms with Crippen LogP contribution in [0.2, 0.25) is 5.04 Å². The van der Waals surface area contributed by atoms with Gasteiger partial charge in [-0.3, -0.25) is 9.59 Å². The van der Waals surface area contributed by atoms with Crippen LogP contribution in [0.25, 0.3) is 0 Å². The average Bonchev–Trinajstić information content (AvgIpc) is 2.80. The Bertz CT molecular complexity index is 956. The third-order valence-corrected chi connectivity index (χ3v) is 12.0. The Morgan fingerprint density at radius 3 is 1.74 bits per heavy atom. The van der Waals surface area contributed by atoms with Crippen molar-refractivity contribution in [3.8, 4) is 0 Å². The van der Waals surface area contributed by atoms with Gasteiger partial charge in [-0.25, -0.2) is 0 Å². The molecule has 1 saturated heterocycles. The molecule has 5 atom stereocenters. The fourth-order valence-electron chi connectivity index (χ4n) is 4.70. The summed E-state index contributed by atoms with van der Waals surface area (Å²) in [5.41, 5.74) is 0. The summed E-state index contributed by atoms with van der Waals surface area (Å²) in [4.78, 5) is 24.2. The largest absolute Gasteiger partial charge is 0.457 e. The van der Waals surface area contributed by atoms with Crippen LogP contribution in [-0.2, 0) is 28.2 Å². The van der Waals surface area contributed by atoms with Crippen LogP contribution in [0.1, 0.15) is 34.6 Å². The quantitative estimate of drug-likeness (QED) is 0.223. The summed E-state index contributed by atoms with van der Waals surface area (Å²) in [5.74, 6) is -1.11. The Morgan fingerprint density at radius 2 is 1.34 bits per heavy atom. The maximum Gasteiger partial charge on any atom is 0.303 e. The van der Waals surface area contributed by atoms with Gasteiger partial charge in [0.05, 0.1) is 0 Å². The van der Waals surface area contributed by atoms with Gasteiger partial charge in [-0.1, -0.05) is 104 Å². The molecule has 3 rings (SSSR count). The fourth-order valence-corrected chi connectivity index (χ4v) is 10.1. The minimum absolute atomic E-state index is 0.389. The van der Waals surface area contributed by atoms with Crippen LogP contribution in [0.5, 0.6) is 0 Å². The third kappa shape index (κ3) is 5.96. The summed E-state index contributed by atoms with van der Waals surface area (Å²) in [6, 6.07) is 19.9. The number of esters is 2. The lowest BCUT2D eigenvalue weighted by molar-refractivity contribution is -0.280. The Hall–Kier alpha value is -1.79. The summed E-state index contributed by atoms with van der Waals surface area (Å²) in [5, 5.41) is 12.5. The first kappa shape index (κ1) is 27.8. The van der Waals surface area contributed by atoms with E-state index in [1.54, 1.807) is 0 Å². The number of carbonyl (C=O) groups excluding carboxylic acids is 2. The van der Waals surface area contributed by atoms with Crippen molar-refractivity contribution in [2.24, 2.45) is 0 Å². The van der Waals surface area contributed by atoms with E-state index in [4.69, 9.17) is 18.6 Å². The number of rotatable bonds is 7. The molecule has 0 radical (unpaired) electrons. The summed E-state index contributed by atoms with van der Waals surface area (Å²) in [7, 11) is -3.15. The normalized spacial score (nSPS) is 25.1. The van der Waals surface area contributed by atoms with Gasteiger partial charge in [0, 0.05) is 18.3 Å². The first-order valence-electron chi connectivity index (χ1n) is 11.5. The van der Waals surface area contributed by atoms with Crippen LogP contribution < -0.4 is 10.4 Å². The molecule has 1 fully saturated rings. The lowest BCUT2D eigenvalue weighted by Gasteiger charge is -2.50. The number of aliphatic hydroxyl groups is 1. The van der Waals surface area contributed by atoms with Crippen LogP contribution in [0.3, 0.4) is 0 Å². The second-order valence-electron chi connectivity index (χ2n) is 9.61.